The summed E-state index contributed by atoms with van der Waals surface area (Å²) < 4.78 is 0. The average molecular weight is 404 g/mol. The van der Waals surface area contributed by atoms with E-state index in [0.717, 1.165) is 42.2 Å². The second kappa shape index (κ2) is 7.39. The topological polar surface area (TPSA) is 69.7 Å². The van der Waals surface area contributed by atoms with Gasteiger partial charge in [0.15, 0.2) is 5.78 Å². The van der Waals surface area contributed by atoms with Crippen molar-refractivity contribution in [3.8, 4) is 0 Å². The van der Waals surface area contributed by atoms with Gasteiger partial charge in [0.25, 0.3) is 0 Å². The maximum Gasteiger partial charge on any atom is 0.228 e. The lowest BCUT2D eigenvalue weighted by Crippen LogP contribution is -2.51. The maximum atomic E-state index is 12.8. The summed E-state index contributed by atoms with van der Waals surface area (Å²) in [5, 5.41) is 3.65. The van der Waals surface area contributed by atoms with Crippen LogP contribution in [0.5, 0.6) is 0 Å². The molecule has 7 heteroatoms. The number of benzene rings is 1. The number of halogens is 1. The summed E-state index contributed by atoms with van der Waals surface area (Å²) in [4.78, 5) is 41.0. The summed E-state index contributed by atoms with van der Waals surface area (Å²) in [6.07, 6.45) is 2.60. The highest BCUT2D eigenvalue weighted by Crippen LogP contribution is 2.45. The van der Waals surface area contributed by atoms with Crippen LogP contribution in [0, 0.1) is 12.8 Å². The SMILES string of the molecule is Cc1c(Cl)cccc1N1CCN(C(=O)CCC2(C3CC3)NC(=O)CC2=O)CC1. The van der Waals surface area contributed by atoms with Crippen molar-refractivity contribution in [2.24, 2.45) is 5.92 Å². The molecule has 1 N–H and O–H groups in total. The molecule has 4 rings (SSSR count). The Balaban J connectivity index is 1.34. The Morgan fingerprint density at radius 3 is 2.54 bits per heavy atom. The van der Waals surface area contributed by atoms with Crippen LogP contribution in [0.25, 0.3) is 0 Å². The van der Waals surface area contributed by atoms with E-state index in [1.165, 1.54) is 0 Å². The minimum Gasteiger partial charge on any atom is -0.368 e. The number of rotatable bonds is 5. The highest BCUT2D eigenvalue weighted by atomic mass is 35.5. The third-order valence-corrected chi connectivity index (χ3v) is 6.81. The van der Waals surface area contributed by atoms with Gasteiger partial charge in [0.05, 0.1) is 6.42 Å². The Morgan fingerprint density at radius 1 is 1.21 bits per heavy atom. The van der Waals surface area contributed by atoms with Crippen molar-refractivity contribution in [1.82, 2.24) is 10.2 Å². The van der Waals surface area contributed by atoms with E-state index in [9.17, 15) is 14.4 Å². The van der Waals surface area contributed by atoms with E-state index in [0.29, 0.717) is 25.9 Å². The largest absolute Gasteiger partial charge is 0.368 e. The van der Waals surface area contributed by atoms with Gasteiger partial charge < -0.3 is 15.1 Å². The number of ketones is 1. The number of nitrogens with one attached hydrogen (secondary N) is 1. The number of carbonyl (C=O) groups excluding carboxylic acids is 3. The zero-order valence-corrected chi connectivity index (χ0v) is 16.9. The van der Waals surface area contributed by atoms with E-state index in [2.05, 4.69) is 16.3 Å². The van der Waals surface area contributed by atoms with E-state index >= 15 is 0 Å². The van der Waals surface area contributed by atoms with Crippen molar-refractivity contribution in [3.05, 3.63) is 28.8 Å². The van der Waals surface area contributed by atoms with Crippen molar-refractivity contribution in [2.75, 3.05) is 31.1 Å². The first kappa shape index (κ1) is 19.2. The van der Waals surface area contributed by atoms with Gasteiger partial charge in [-0.15, -0.1) is 0 Å². The molecule has 3 fully saturated rings. The second-order valence-electron chi connectivity index (χ2n) is 8.15. The van der Waals surface area contributed by atoms with Crippen LogP contribution in [0.15, 0.2) is 18.2 Å². The standard InChI is InChI=1S/C21H26ClN3O3/c1-14-16(22)3-2-4-17(14)24-9-11-25(12-10-24)20(28)7-8-21(15-5-6-15)18(26)13-19(27)23-21/h2-4,15H,5-13H2,1H3,(H,23,27). The first-order valence-electron chi connectivity index (χ1n) is 10.0. The monoisotopic (exact) mass is 403 g/mol. The summed E-state index contributed by atoms with van der Waals surface area (Å²) in [5.41, 5.74) is 1.39. The first-order chi connectivity index (χ1) is 13.4. The normalized spacial score (nSPS) is 25.2. The van der Waals surface area contributed by atoms with Crippen molar-refractivity contribution in [1.29, 1.82) is 0 Å². The van der Waals surface area contributed by atoms with Crippen LogP contribution in [0.3, 0.4) is 0 Å². The summed E-state index contributed by atoms with van der Waals surface area (Å²) in [5.74, 6) is 0.0437. The first-order valence-corrected chi connectivity index (χ1v) is 10.4. The number of piperazine rings is 1. The molecule has 3 aliphatic rings. The number of amides is 2. The van der Waals surface area contributed by atoms with Gasteiger partial charge in [-0.2, -0.15) is 0 Å². The summed E-state index contributed by atoms with van der Waals surface area (Å²) in [7, 11) is 0. The van der Waals surface area contributed by atoms with Gasteiger partial charge >= 0.3 is 0 Å². The number of Topliss-reactive ketones (excluding diaryl/α,β-unsaturated/α-hetero) is 1. The zero-order valence-electron chi connectivity index (χ0n) is 16.2. The lowest BCUT2D eigenvalue weighted by molar-refractivity contribution is -0.132. The third-order valence-electron chi connectivity index (χ3n) is 6.40. The number of carbonyl (C=O) groups is 3. The number of nitrogens with zero attached hydrogens (tertiary/aromatic N) is 2. The Kier molecular flexibility index (Phi) is 5.08. The molecular weight excluding hydrogens is 378 g/mol. The van der Waals surface area contributed by atoms with Crippen molar-refractivity contribution < 1.29 is 14.4 Å². The maximum absolute atomic E-state index is 12.8. The van der Waals surface area contributed by atoms with E-state index in [-0.39, 0.29) is 29.9 Å². The molecule has 1 aromatic rings. The van der Waals surface area contributed by atoms with E-state index in [1.807, 2.05) is 24.0 Å². The highest BCUT2D eigenvalue weighted by molar-refractivity contribution is 6.31. The van der Waals surface area contributed by atoms with Crippen molar-refractivity contribution >= 4 is 34.9 Å². The Hall–Kier alpha value is -2.08. The molecule has 2 aliphatic heterocycles. The van der Waals surface area contributed by atoms with Gasteiger partial charge in [-0.1, -0.05) is 17.7 Å². The molecular formula is C21H26ClN3O3. The van der Waals surface area contributed by atoms with Gasteiger partial charge in [0.1, 0.15) is 5.54 Å². The fraction of sp³-hybridized carbons (Fsp3) is 0.571. The molecule has 1 aliphatic carbocycles. The smallest absolute Gasteiger partial charge is 0.228 e. The van der Waals surface area contributed by atoms with Crippen LogP contribution >= 0.6 is 11.6 Å². The molecule has 1 aromatic carbocycles. The average Bonchev–Trinajstić information content (AvgIpc) is 3.48. The fourth-order valence-corrected chi connectivity index (χ4v) is 4.75. The molecule has 28 heavy (non-hydrogen) atoms. The van der Waals surface area contributed by atoms with Crippen LogP contribution in [-0.2, 0) is 14.4 Å². The van der Waals surface area contributed by atoms with E-state index in [1.54, 1.807) is 0 Å². The van der Waals surface area contributed by atoms with Gasteiger partial charge in [0.2, 0.25) is 11.8 Å². The summed E-state index contributed by atoms with van der Waals surface area (Å²) in [6, 6.07) is 5.90. The summed E-state index contributed by atoms with van der Waals surface area (Å²) >= 11 is 6.23. The predicted octanol–water partition coefficient (Wildman–Crippen LogP) is 2.32. The van der Waals surface area contributed by atoms with E-state index < -0.39 is 5.54 Å². The lowest BCUT2D eigenvalue weighted by atomic mass is 9.85. The van der Waals surface area contributed by atoms with Crippen LogP contribution in [0.2, 0.25) is 5.02 Å². The zero-order chi connectivity index (χ0) is 19.9. The molecule has 6 nitrogen and oxygen atoms in total. The van der Waals surface area contributed by atoms with Crippen LogP contribution < -0.4 is 10.2 Å². The second-order valence-corrected chi connectivity index (χ2v) is 8.55. The molecule has 0 aromatic heterocycles. The van der Waals surface area contributed by atoms with Gasteiger partial charge in [0, 0.05) is 43.3 Å². The molecule has 2 saturated heterocycles. The Bertz CT molecular complexity index is 815. The van der Waals surface area contributed by atoms with Crippen LogP contribution in [0.1, 0.15) is 37.7 Å². The van der Waals surface area contributed by atoms with E-state index in [4.69, 9.17) is 11.6 Å². The minimum atomic E-state index is -0.785. The highest BCUT2D eigenvalue weighted by Gasteiger charge is 2.55. The lowest BCUT2D eigenvalue weighted by Gasteiger charge is -2.37. The fourth-order valence-electron chi connectivity index (χ4n) is 4.58. The van der Waals surface area contributed by atoms with Gasteiger partial charge in [-0.25, -0.2) is 0 Å². The van der Waals surface area contributed by atoms with Gasteiger partial charge in [-0.05, 0) is 49.8 Å². The van der Waals surface area contributed by atoms with Crippen molar-refractivity contribution in [3.63, 3.8) is 0 Å². The summed E-state index contributed by atoms with van der Waals surface area (Å²) in [6.45, 7) is 4.84. The van der Waals surface area contributed by atoms with Gasteiger partial charge in [-0.3, -0.25) is 14.4 Å². The molecule has 1 saturated carbocycles. The number of anilines is 1. The molecule has 150 valence electrons. The predicted molar refractivity (Wildman–Crippen MR) is 107 cm³/mol. The molecule has 0 bridgehead atoms. The molecule has 2 amide bonds. The Labute approximate surface area is 170 Å². The third kappa shape index (κ3) is 3.50. The number of hydrogen-bond donors (Lipinski definition) is 1. The van der Waals surface area contributed by atoms with Crippen LogP contribution in [-0.4, -0.2) is 54.2 Å². The van der Waals surface area contributed by atoms with Crippen molar-refractivity contribution in [2.45, 2.75) is 44.6 Å². The molecule has 1 unspecified atom stereocenters. The molecule has 0 radical (unpaired) electrons. The number of hydrogen-bond acceptors (Lipinski definition) is 4. The molecule has 1 atom stereocenters. The molecule has 0 spiro atoms. The quantitative estimate of drug-likeness (QED) is 0.766. The molecule has 2 heterocycles. The van der Waals surface area contributed by atoms with Crippen LogP contribution in [0.4, 0.5) is 5.69 Å². The Morgan fingerprint density at radius 2 is 1.93 bits per heavy atom. The minimum absolute atomic E-state index is 0.0333.